The Morgan fingerprint density at radius 1 is 1.07 bits per heavy atom. The van der Waals surface area contributed by atoms with E-state index in [0.29, 0.717) is 50.6 Å². The van der Waals surface area contributed by atoms with Gasteiger partial charge in [-0.05, 0) is 37.3 Å². The number of ether oxygens (including phenoxy) is 1. The molecule has 0 unspecified atom stereocenters. The Labute approximate surface area is 163 Å². The van der Waals surface area contributed by atoms with E-state index in [1.807, 2.05) is 35.2 Å². The largest absolute Gasteiger partial charge is 0.492 e. The molecule has 148 valence electrons. The molecule has 1 N–H and O–H groups in total. The zero-order valence-electron chi connectivity index (χ0n) is 15.9. The molecular weight excluding hydrogens is 361 g/mol. The number of hydrogen-bond acceptors (Lipinski definition) is 4. The summed E-state index contributed by atoms with van der Waals surface area (Å²) in [4.78, 5) is 27.2. The Hall–Kier alpha value is -3.09. The molecule has 2 aromatic carbocycles. The van der Waals surface area contributed by atoms with Crippen molar-refractivity contribution < 1.29 is 18.7 Å². The van der Waals surface area contributed by atoms with Gasteiger partial charge in [0.25, 0.3) is 0 Å². The fraction of sp³-hybridized carbons (Fsp3) is 0.333. The number of carbonyl (C=O) groups excluding carboxylic acids is 2. The standard InChI is InChI=1S/C21H24FN3O3/c1-16(26)17-7-8-20(19(22)15-17)24-10-12-25(13-11-24)21(27)23-9-14-28-18-5-3-2-4-6-18/h2-8,15H,9-14H2,1H3,(H,23,27). The van der Waals surface area contributed by atoms with E-state index < -0.39 is 5.82 Å². The van der Waals surface area contributed by atoms with Crippen molar-refractivity contribution in [3.05, 3.63) is 59.9 Å². The number of piperazine rings is 1. The van der Waals surface area contributed by atoms with Gasteiger partial charge in [0.1, 0.15) is 18.2 Å². The van der Waals surface area contributed by atoms with Crippen molar-refractivity contribution in [2.75, 3.05) is 44.2 Å². The summed E-state index contributed by atoms with van der Waals surface area (Å²) in [6.45, 7) is 4.28. The van der Waals surface area contributed by atoms with Crippen LogP contribution in [0.1, 0.15) is 17.3 Å². The van der Waals surface area contributed by atoms with Crippen molar-refractivity contribution in [1.82, 2.24) is 10.2 Å². The highest BCUT2D eigenvalue weighted by molar-refractivity contribution is 5.94. The van der Waals surface area contributed by atoms with E-state index in [9.17, 15) is 14.0 Å². The first-order valence-corrected chi connectivity index (χ1v) is 9.30. The van der Waals surface area contributed by atoms with Crippen molar-refractivity contribution in [2.24, 2.45) is 0 Å². The molecule has 1 aliphatic heterocycles. The highest BCUT2D eigenvalue weighted by Crippen LogP contribution is 2.22. The summed E-state index contributed by atoms with van der Waals surface area (Å²) in [6.07, 6.45) is 0. The highest BCUT2D eigenvalue weighted by Gasteiger charge is 2.23. The van der Waals surface area contributed by atoms with Crippen molar-refractivity contribution in [3.63, 3.8) is 0 Å². The molecule has 2 amide bonds. The number of hydrogen-bond donors (Lipinski definition) is 1. The maximum Gasteiger partial charge on any atom is 0.317 e. The lowest BCUT2D eigenvalue weighted by Gasteiger charge is -2.36. The van der Waals surface area contributed by atoms with Crippen LogP contribution in [-0.2, 0) is 0 Å². The predicted octanol–water partition coefficient (Wildman–Crippen LogP) is 2.94. The molecule has 0 bridgehead atoms. The number of urea groups is 1. The molecule has 1 heterocycles. The molecule has 7 heteroatoms. The minimum absolute atomic E-state index is 0.149. The summed E-state index contributed by atoms with van der Waals surface area (Å²) < 4.78 is 19.8. The first-order valence-electron chi connectivity index (χ1n) is 9.30. The topological polar surface area (TPSA) is 61.9 Å². The molecule has 3 rings (SSSR count). The summed E-state index contributed by atoms with van der Waals surface area (Å²) >= 11 is 0. The lowest BCUT2D eigenvalue weighted by molar-refractivity contribution is 0.101. The van der Waals surface area contributed by atoms with E-state index in [1.165, 1.54) is 13.0 Å². The lowest BCUT2D eigenvalue weighted by Crippen LogP contribution is -2.52. The lowest BCUT2D eigenvalue weighted by atomic mass is 10.1. The van der Waals surface area contributed by atoms with Gasteiger partial charge < -0.3 is 19.9 Å². The first-order chi connectivity index (χ1) is 13.5. The number of Topliss-reactive ketones (excluding diaryl/α,β-unsaturated/α-hetero) is 1. The van der Waals surface area contributed by atoms with E-state index in [0.717, 1.165) is 5.75 Å². The molecule has 0 saturated carbocycles. The van der Waals surface area contributed by atoms with Crippen LogP contribution in [0.15, 0.2) is 48.5 Å². The van der Waals surface area contributed by atoms with Gasteiger partial charge in [0.05, 0.1) is 12.2 Å². The van der Waals surface area contributed by atoms with Crippen LogP contribution in [0.3, 0.4) is 0 Å². The summed E-state index contributed by atoms with van der Waals surface area (Å²) in [7, 11) is 0. The second kappa shape index (κ2) is 9.21. The average Bonchev–Trinajstić information content (AvgIpc) is 2.72. The van der Waals surface area contributed by atoms with Crippen molar-refractivity contribution >= 4 is 17.5 Å². The number of rotatable bonds is 6. The van der Waals surface area contributed by atoms with Crippen LogP contribution < -0.4 is 15.0 Å². The van der Waals surface area contributed by atoms with Crippen LogP contribution in [0.4, 0.5) is 14.9 Å². The number of para-hydroxylation sites is 1. The van der Waals surface area contributed by atoms with E-state index in [4.69, 9.17) is 4.74 Å². The van der Waals surface area contributed by atoms with E-state index >= 15 is 0 Å². The molecule has 0 spiro atoms. The maximum atomic E-state index is 14.3. The predicted molar refractivity (Wildman–Crippen MR) is 106 cm³/mol. The third-order valence-corrected chi connectivity index (χ3v) is 4.65. The third-order valence-electron chi connectivity index (χ3n) is 4.65. The quantitative estimate of drug-likeness (QED) is 0.614. The minimum Gasteiger partial charge on any atom is -0.492 e. The number of benzene rings is 2. The van der Waals surface area contributed by atoms with Crippen LogP contribution in [0.5, 0.6) is 5.75 Å². The smallest absolute Gasteiger partial charge is 0.317 e. The minimum atomic E-state index is -0.413. The van der Waals surface area contributed by atoms with Gasteiger partial charge in [0.15, 0.2) is 5.78 Å². The Bertz CT molecular complexity index is 821. The van der Waals surface area contributed by atoms with Crippen LogP contribution >= 0.6 is 0 Å². The second-order valence-electron chi connectivity index (χ2n) is 6.59. The van der Waals surface area contributed by atoms with Gasteiger partial charge in [-0.25, -0.2) is 9.18 Å². The summed E-state index contributed by atoms with van der Waals surface area (Å²) in [5.41, 5.74) is 0.818. The number of nitrogens with one attached hydrogen (secondary N) is 1. The highest BCUT2D eigenvalue weighted by atomic mass is 19.1. The number of halogens is 1. The molecule has 1 fully saturated rings. The Kier molecular flexibility index (Phi) is 6.47. The van der Waals surface area contributed by atoms with Gasteiger partial charge in [-0.15, -0.1) is 0 Å². The van der Waals surface area contributed by atoms with Gasteiger partial charge in [0.2, 0.25) is 0 Å². The summed E-state index contributed by atoms with van der Waals surface area (Å²) in [5.74, 6) is 0.190. The van der Waals surface area contributed by atoms with E-state index in [2.05, 4.69) is 5.32 Å². The Morgan fingerprint density at radius 3 is 2.43 bits per heavy atom. The molecule has 6 nitrogen and oxygen atoms in total. The summed E-state index contributed by atoms with van der Waals surface area (Å²) in [5, 5.41) is 2.84. The van der Waals surface area contributed by atoms with Gasteiger partial charge in [0, 0.05) is 31.7 Å². The molecule has 1 saturated heterocycles. The Morgan fingerprint density at radius 2 is 1.79 bits per heavy atom. The average molecular weight is 385 g/mol. The van der Waals surface area contributed by atoms with Crippen LogP contribution in [0.25, 0.3) is 0 Å². The van der Waals surface area contributed by atoms with Crippen LogP contribution in [0, 0.1) is 5.82 Å². The molecule has 0 aliphatic carbocycles. The van der Waals surface area contributed by atoms with Crippen molar-refractivity contribution in [2.45, 2.75) is 6.92 Å². The normalized spacial score (nSPS) is 13.9. The van der Waals surface area contributed by atoms with Crippen LogP contribution in [-0.4, -0.2) is 56.0 Å². The zero-order chi connectivity index (χ0) is 19.9. The zero-order valence-corrected chi connectivity index (χ0v) is 15.9. The molecule has 0 aromatic heterocycles. The Balaban J connectivity index is 1.43. The monoisotopic (exact) mass is 385 g/mol. The van der Waals surface area contributed by atoms with Crippen molar-refractivity contribution in [3.8, 4) is 5.75 Å². The van der Waals surface area contributed by atoms with Gasteiger partial charge in [-0.1, -0.05) is 18.2 Å². The van der Waals surface area contributed by atoms with E-state index in [1.54, 1.807) is 17.0 Å². The number of ketones is 1. The van der Waals surface area contributed by atoms with Crippen molar-refractivity contribution in [1.29, 1.82) is 0 Å². The number of anilines is 1. The van der Waals surface area contributed by atoms with Gasteiger partial charge >= 0.3 is 6.03 Å². The third kappa shape index (κ3) is 5.00. The maximum absolute atomic E-state index is 14.3. The molecule has 0 radical (unpaired) electrons. The summed E-state index contributed by atoms with van der Waals surface area (Å²) in [6, 6.07) is 13.8. The SMILES string of the molecule is CC(=O)c1ccc(N2CCN(C(=O)NCCOc3ccccc3)CC2)c(F)c1. The van der Waals surface area contributed by atoms with Crippen LogP contribution in [0.2, 0.25) is 0 Å². The van der Waals surface area contributed by atoms with Gasteiger partial charge in [-0.3, -0.25) is 4.79 Å². The number of nitrogens with zero attached hydrogens (tertiary/aromatic N) is 2. The molecule has 0 atom stereocenters. The fourth-order valence-corrected chi connectivity index (χ4v) is 3.09. The van der Waals surface area contributed by atoms with E-state index in [-0.39, 0.29) is 11.8 Å². The number of carbonyl (C=O) groups is 2. The first kappa shape index (κ1) is 19.7. The number of amides is 2. The second-order valence-corrected chi connectivity index (χ2v) is 6.59. The molecule has 2 aromatic rings. The van der Waals surface area contributed by atoms with Gasteiger partial charge in [-0.2, -0.15) is 0 Å². The molecule has 28 heavy (non-hydrogen) atoms. The fourth-order valence-electron chi connectivity index (χ4n) is 3.09. The molecule has 1 aliphatic rings. The molecular formula is C21H24FN3O3.